The van der Waals surface area contributed by atoms with Gasteiger partial charge in [0.15, 0.2) is 5.78 Å². The summed E-state index contributed by atoms with van der Waals surface area (Å²) in [5.41, 5.74) is 2.99. The summed E-state index contributed by atoms with van der Waals surface area (Å²) >= 11 is 0. The Morgan fingerprint density at radius 2 is 2.08 bits per heavy atom. The summed E-state index contributed by atoms with van der Waals surface area (Å²) < 4.78 is 1.85. The van der Waals surface area contributed by atoms with Gasteiger partial charge in [0.05, 0.1) is 17.0 Å². The van der Waals surface area contributed by atoms with E-state index in [1.807, 2.05) is 11.7 Å². The van der Waals surface area contributed by atoms with E-state index in [-0.39, 0.29) is 5.78 Å². The number of carbonyl (C=O) groups excluding carboxylic acids is 1. The SMILES string of the molecule is CC(C)c1c2c(nn1C)CCC2=O. The number of rotatable bonds is 1. The maximum atomic E-state index is 11.6. The molecular weight excluding hydrogens is 164 g/mol. The lowest BCUT2D eigenvalue weighted by atomic mass is 10.0. The molecule has 0 saturated heterocycles. The minimum atomic E-state index is 0.270. The number of aromatic nitrogens is 2. The lowest BCUT2D eigenvalue weighted by Gasteiger charge is -2.06. The first kappa shape index (κ1) is 8.48. The van der Waals surface area contributed by atoms with Gasteiger partial charge in [-0.25, -0.2) is 0 Å². The Bertz CT molecular complexity index is 363. The Kier molecular flexibility index (Phi) is 1.75. The van der Waals surface area contributed by atoms with E-state index >= 15 is 0 Å². The first-order valence-electron chi connectivity index (χ1n) is 4.70. The summed E-state index contributed by atoms with van der Waals surface area (Å²) in [7, 11) is 1.92. The maximum absolute atomic E-state index is 11.6. The van der Waals surface area contributed by atoms with Crippen LogP contribution in [0, 0.1) is 0 Å². The molecule has 0 N–H and O–H groups in total. The molecule has 0 radical (unpaired) electrons. The van der Waals surface area contributed by atoms with Gasteiger partial charge in [-0.05, 0) is 12.3 Å². The molecule has 0 aliphatic heterocycles. The van der Waals surface area contributed by atoms with E-state index in [2.05, 4.69) is 18.9 Å². The number of fused-ring (bicyclic) bond motifs is 1. The highest BCUT2D eigenvalue weighted by Gasteiger charge is 2.28. The van der Waals surface area contributed by atoms with Crippen molar-refractivity contribution in [2.45, 2.75) is 32.6 Å². The topological polar surface area (TPSA) is 34.9 Å². The second kappa shape index (κ2) is 2.69. The van der Waals surface area contributed by atoms with E-state index in [4.69, 9.17) is 0 Å². The fourth-order valence-corrected chi connectivity index (χ4v) is 2.09. The van der Waals surface area contributed by atoms with Crippen LogP contribution in [-0.4, -0.2) is 15.6 Å². The van der Waals surface area contributed by atoms with Crippen LogP contribution in [0.5, 0.6) is 0 Å². The van der Waals surface area contributed by atoms with Gasteiger partial charge in [0.2, 0.25) is 0 Å². The van der Waals surface area contributed by atoms with E-state index < -0.39 is 0 Å². The van der Waals surface area contributed by atoms with Crippen LogP contribution in [0.2, 0.25) is 0 Å². The molecule has 1 aliphatic rings. The van der Waals surface area contributed by atoms with Crippen molar-refractivity contribution in [2.24, 2.45) is 7.05 Å². The Balaban J connectivity index is 2.61. The van der Waals surface area contributed by atoms with Gasteiger partial charge in [-0.15, -0.1) is 0 Å². The molecule has 1 aliphatic carbocycles. The molecular formula is C10H14N2O. The summed E-state index contributed by atoms with van der Waals surface area (Å²) in [4.78, 5) is 11.6. The zero-order chi connectivity index (χ0) is 9.59. The molecule has 0 fully saturated rings. The standard InChI is InChI=1S/C10H14N2O/c1-6(2)10-9-7(11-12(10)3)4-5-8(9)13/h6H,4-5H2,1-3H3. The number of aryl methyl sites for hydroxylation is 2. The Morgan fingerprint density at radius 1 is 1.38 bits per heavy atom. The molecule has 1 heterocycles. The van der Waals surface area contributed by atoms with Crippen LogP contribution in [0.4, 0.5) is 0 Å². The molecule has 13 heavy (non-hydrogen) atoms. The van der Waals surface area contributed by atoms with Gasteiger partial charge in [0.1, 0.15) is 0 Å². The Labute approximate surface area is 77.7 Å². The van der Waals surface area contributed by atoms with Crippen molar-refractivity contribution < 1.29 is 4.79 Å². The lowest BCUT2D eigenvalue weighted by Crippen LogP contribution is -2.05. The molecule has 1 aromatic heterocycles. The maximum Gasteiger partial charge on any atom is 0.167 e. The minimum Gasteiger partial charge on any atom is -0.294 e. The molecule has 3 heteroatoms. The van der Waals surface area contributed by atoms with Crippen LogP contribution >= 0.6 is 0 Å². The van der Waals surface area contributed by atoms with E-state index in [1.54, 1.807) is 0 Å². The van der Waals surface area contributed by atoms with Gasteiger partial charge < -0.3 is 0 Å². The predicted molar refractivity (Wildman–Crippen MR) is 49.9 cm³/mol. The highest BCUT2D eigenvalue weighted by molar-refractivity contribution is 6.01. The molecule has 0 amide bonds. The molecule has 0 unspecified atom stereocenters. The first-order chi connectivity index (χ1) is 6.11. The second-order valence-electron chi connectivity index (χ2n) is 3.91. The van der Waals surface area contributed by atoms with E-state index in [0.717, 1.165) is 23.4 Å². The van der Waals surface area contributed by atoms with Crippen molar-refractivity contribution in [1.29, 1.82) is 0 Å². The normalized spacial score (nSPS) is 15.5. The number of Topliss-reactive ketones (excluding diaryl/α,β-unsaturated/α-hetero) is 1. The minimum absolute atomic E-state index is 0.270. The summed E-state index contributed by atoms with van der Waals surface area (Å²) in [6, 6.07) is 0. The van der Waals surface area contributed by atoms with Gasteiger partial charge in [0, 0.05) is 13.5 Å². The fourth-order valence-electron chi connectivity index (χ4n) is 2.09. The molecule has 70 valence electrons. The summed E-state index contributed by atoms with van der Waals surface area (Å²) in [6.45, 7) is 4.20. The quantitative estimate of drug-likeness (QED) is 0.655. The van der Waals surface area contributed by atoms with E-state index in [1.165, 1.54) is 0 Å². The number of nitrogens with zero attached hydrogens (tertiary/aromatic N) is 2. The number of carbonyl (C=O) groups is 1. The third-order valence-corrected chi connectivity index (χ3v) is 2.58. The number of hydrogen-bond donors (Lipinski definition) is 0. The van der Waals surface area contributed by atoms with Gasteiger partial charge in [-0.3, -0.25) is 9.48 Å². The van der Waals surface area contributed by atoms with Crippen LogP contribution in [-0.2, 0) is 13.5 Å². The molecule has 0 atom stereocenters. The first-order valence-corrected chi connectivity index (χ1v) is 4.70. The van der Waals surface area contributed by atoms with Crippen molar-refractivity contribution >= 4 is 5.78 Å². The van der Waals surface area contributed by atoms with Gasteiger partial charge in [-0.1, -0.05) is 13.8 Å². The highest BCUT2D eigenvalue weighted by atomic mass is 16.1. The van der Waals surface area contributed by atoms with Crippen molar-refractivity contribution in [1.82, 2.24) is 9.78 Å². The van der Waals surface area contributed by atoms with E-state index in [9.17, 15) is 4.79 Å². The fraction of sp³-hybridized carbons (Fsp3) is 0.600. The van der Waals surface area contributed by atoms with Gasteiger partial charge in [-0.2, -0.15) is 5.10 Å². The molecule has 0 bridgehead atoms. The molecule has 0 saturated carbocycles. The number of ketones is 1. The average molecular weight is 178 g/mol. The molecule has 2 rings (SSSR count). The third kappa shape index (κ3) is 1.10. The average Bonchev–Trinajstić information content (AvgIpc) is 2.51. The molecule has 0 aromatic carbocycles. The largest absolute Gasteiger partial charge is 0.294 e. The summed E-state index contributed by atoms with van der Waals surface area (Å²) in [6.07, 6.45) is 1.48. The van der Waals surface area contributed by atoms with Crippen molar-refractivity contribution in [2.75, 3.05) is 0 Å². The zero-order valence-electron chi connectivity index (χ0n) is 8.29. The molecule has 0 spiro atoms. The van der Waals surface area contributed by atoms with Crippen LogP contribution in [0.1, 0.15) is 47.9 Å². The van der Waals surface area contributed by atoms with Crippen LogP contribution in [0.3, 0.4) is 0 Å². The predicted octanol–water partition coefficient (Wildman–Crippen LogP) is 1.67. The monoisotopic (exact) mass is 178 g/mol. The zero-order valence-corrected chi connectivity index (χ0v) is 8.29. The molecule has 1 aromatic rings. The smallest absolute Gasteiger partial charge is 0.167 e. The van der Waals surface area contributed by atoms with Crippen LogP contribution < -0.4 is 0 Å². The summed E-state index contributed by atoms with van der Waals surface area (Å²) in [5.74, 6) is 0.648. The summed E-state index contributed by atoms with van der Waals surface area (Å²) in [5, 5.41) is 4.36. The molecule has 3 nitrogen and oxygen atoms in total. The van der Waals surface area contributed by atoms with Crippen molar-refractivity contribution in [3.63, 3.8) is 0 Å². The van der Waals surface area contributed by atoms with Gasteiger partial charge in [0.25, 0.3) is 0 Å². The Hall–Kier alpha value is -1.12. The van der Waals surface area contributed by atoms with Crippen molar-refractivity contribution in [3.8, 4) is 0 Å². The van der Waals surface area contributed by atoms with Gasteiger partial charge >= 0.3 is 0 Å². The Morgan fingerprint density at radius 3 is 2.69 bits per heavy atom. The second-order valence-corrected chi connectivity index (χ2v) is 3.91. The number of hydrogen-bond acceptors (Lipinski definition) is 2. The van der Waals surface area contributed by atoms with E-state index in [0.29, 0.717) is 12.3 Å². The third-order valence-electron chi connectivity index (χ3n) is 2.58. The highest BCUT2D eigenvalue weighted by Crippen LogP contribution is 2.28. The van der Waals surface area contributed by atoms with Crippen LogP contribution in [0.15, 0.2) is 0 Å². The lowest BCUT2D eigenvalue weighted by molar-refractivity contribution is 0.0993. The van der Waals surface area contributed by atoms with Crippen LogP contribution in [0.25, 0.3) is 0 Å². The van der Waals surface area contributed by atoms with Crippen molar-refractivity contribution in [3.05, 3.63) is 17.0 Å².